The van der Waals surface area contributed by atoms with E-state index in [9.17, 15) is 9.59 Å². The number of ether oxygens (including phenoxy) is 2. The first-order chi connectivity index (χ1) is 14.0. The van der Waals surface area contributed by atoms with E-state index in [1.165, 1.54) is 18.7 Å². The molecule has 3 aromatic rings. The van der Waals surface area contributed by atoms with Gasteiger partial charge in [0.05, 0.1) is 20.0 Å². The molecule has 8 nitrogen and oxygen atoms in total. The van der Waals surface area contributed by atoms with Crippen LogP contribution in [0.15, 0.2) is 47.6 Å². The third kappa shape index (κ3) is 5.35. The van der Waals surface area contributed by atoms with Crippen molar-refractivity contribution >= 4 is 29.1 Å². The lowest BCUT2D eigenvalue weighted by Gasteiger charge is -2.06. The van der Waals surface area contributed by atoms with Gasteiger partial charge < -0.3 is 14.8 Å². The van der Waals surface area contributed by atoms with Crippen molar-refractivity contribution in [1.82, 2.24) is 15.2 Å². The lowest BCUT2D eigenvalue weighted by atomic mass is 10.1. The van der Waals surface area contributed by atoms with Crippen molar-refractivity contribution in [2.75, 3.05) is 25.3 Å². The maximum Gasteiger partial charge on any atom is 0.234 e. The number of methoxy groups -OCH3 is 2. The molecule has 0 saturated heterocycles. The van der Waals surface area contributed by atoms with E-state index in [0.29, 0.717) is 33.7 Å². The molecular formula is C20H20N4O4S. The molecular weight excluding hydrogens is 392 g/mol. The van der Waals surface area contributed by atoms with E-state index >= 15 is 0 Å². The second-order valence-corrected chi connectivity index (χ2v) is 6.98. The van der Waals surface area contributed by atoms with Crippen LogP contribution in [0.25, 0.3) is 11.4 Å². The number of hydrogen-bond donors (Lipinski definition) is 2. The lowest BCUT2D eigenvalue weighted by Crippen LogP contribution is -2.14. The van der Waals surface area contributed by atoms with Crippen LogP contribution >= 0.6 is 11.8 Å². The van der Waals surface area contributed by atoms with Crippen LogP contribution in [0.1, 0.15) is 17.3 Å². The predicted octanol–water partition coefficient (Wildman–Crippen LogP) is 3.42. The number of carbonyl (C=O) groups is 2. The van der Waals surface area contributed by atoms with Crippen LogP contribution < -0.4 is 14.8 Å². The minimum absolute atomic E-state index is 0.0575. The normalized spacial score (nSPS) is 10.4. The predicted molar refractivity (Wildman–Crippen MR) is 111 cm³/mol. The van der Waals surface area contributed by atoms with Gasteiger partial charge in [0.15, 0.2) is 11.6 Å². The summed E-state index contributed by atoms with van der Waals surface area (Å²) in [5, 5.41) is 10.2. The first-order valence-corrected chi connectivity index (χ1v) is 9.66. The summed E-state index contributed by atoms with van der Waals surface area (Å²) in [6.45, 7) is 1.48. The van der Waals surface area contributed by atoms with Gasteiger partial charge in [0, 0.05) is 22.9 Å². The number of H-pyrrole nitrogens is 1. The summed E-state index contributed by atoms with van der Waals surface area (Å²) in [4.78, 5) is 28.0. The van der Waals surface area contributed by atoms with E-state index in [4.69, 9.17) is 9.47 Å². The molecule has 2 aromatic carbocycles. The van der Waals surface area contributed by atoms with E-state index in [1.807, 2.05) is 12.1 Å². The number of thioether (sulfide) groups is 1. The zero-order chi connectivity index (χ0) is 20.8. The quantitative estimate of drug-likeness (QED) is 0.431. The highest BCUT2D eigenvalue weighted by atomic mass is 32.2. The SMILES string of the molecule is COc1cc(OC)cc(-c2nc(SCC(=O)Nc3cccc(C(C)=O)c3)n[nH]2)c1. The molecule has 3 rings (SSSR count). The molecule has 0 aliphatic heterocycles. The van der Waals surface area contributed by atoms with Gasteiger partial charge in [-0.3, -0.25) is 14.7 Å². The third-order valence-corrected chi connectivity index (χ3v) is 4.82. The average Bonchev–Trinajstić information content (AvgIpc) is 3.21. The summed E-state index contributed by atoms with van der Waals surface area (Å²) in [6, 6.07) is 12.2. The van der Waals surface area contributed by atoms with Crippen LogP contribution in [-0.4, -0.2) is 46.8 Å². The number of aromatic amines is 1. The Morgan fingerprint density at radius 3 is 2.48 bits per heavy atom. The van der Waals surface area contributed by atoms with Crippen LogP contribution in [0.5, 0.6) is 11.5 Å². The fraction of sp³-hybridized carbons (Fsp3) is 0.200. The van der Waals surface area contributed by atoms with Gasteiger partial charge in [0.1, 0.15) is 11.5 Å². The summed E-state index contributed by atoms with van der Waals surface area (Å²) in [6.07, 6.45) is 0. The van der Waals surface area contributed by atoms with Crippen LogP contribution in [0.4, 0.5) is 5.69 Å². The number of amides is 1. The second kappa shape index (κ2) is 9.24. The summed E-state index contributed by atoms with van der Waals surface area (Å²) >= 11 is 1.20. The van der Waals surface area contributed by atoms with Crippen LogP contribution in [0, 0.1) is 0 Å². The van der Waals surface area contributed by atoms with E-state index in [0.717, 1.165) is 5.56 Å². The molecule has 0 atom stereocenters. The Kier molecular flexibility index (Phi) is 6.50. The number of carbonyl (C=O) groups excluding carboxylic acids is 2. The maximum atomic E-state index is 12.2. The number of benzene rings is 2. The molecule has 0 fully saturated rings. The molecule has 0 saturated carbocycles. The van der Waals surface area contributed by atoms with Crippen molar-refractivity contribution in [2.45, 2.75) is 12.1 Å². The van der Waals surface area contributed by atoms with Crippen LogP contribution in [0.3, 0.4) is 0 Å². The van der Waals surface area contributed by atoms with Gasteiger partial charge in [0.25, 0.3) is 0 Å². The van der Waals surface area contributed by atoms with Crippen molar-refractivity contribution in [3.05, 3.63) is 48.0 Å². The Hall–Kier alpha value is -3.33. The second-order valence-electron chi connectivity index (χ2n) is 6.04. The molecule has 0 spiro atoms. The Balaban J connectivity index is 1.63. The zero-order valence-electron chi connectivity index (χ0n) is 16.2. The van der Waals surface area contributed by atoms with Crippen molar-refractivity contribution < 1.29 is 19.1 Å². The zero-order valence-corrected chi connectivity index (χ0v) is 17.0. The molecule has 0 unspecified atom stereocenters. The molecule has 150 valence electrons. The Labute approximate surface area is 172 Å². The number of rotatable bonds is 8. The van der Waals surface area contributed by atoms with Crippen LogP contribution in [0.2, 0.25) is 0 Å². The number of Topliss-reactive ketones (excluding diaryl/α,β-unsaturated/α-hetero) is 1. The number of aromatic nitrogens is 3. The van der Waals surface area contributed by atoms with Crippen molar-refractivity contribution in [1.29, 1.82) is 0 Å². The highest BCUT2D eigenvalue weighted by molar-refractivity contribution is 7.99. The topological polar surface area (TPSA) is 106 Å². The first kappa shape index (κ1) is 20.4. The Morgan fingerprint density at radius 1 is 1.10 bits per heavy atom. The number of anilines is 1. The number of hydrogen-bond acceptors (Lipinski definition) is 7. The van der Waals surface area contributed by atoms with Gasteiger partial charge in [-0.1, -0.05) is 23.9 Å². The van der Waals surface area contributed by atoms with Crippen molar-refractivity contribution in [2.24, 2.45) is 0 Å². The average molecular weight is 412 g/mol. The smallest absolute Gasteiger partial charge is 0.234 e. The summed E-state index contributed by atoms with van der Waals surface area (Å²) in [7, 11) is 3.15. The molecule has 1 heterocycles. The standard InChI is InChI=1S/C20H20N4O4S/c1-12(25)13-5-4-6-15(7-13)21-18(26)11-29-20-22-19(23-24-20)14-8-16(27-2)10-17(9-14)28-3/h4-10H,11H2,1-3H3,(H,21,26)(H,22,23,24). The first-order valence-electron chi connectivity index (χ1n) is 8.68. The summed E-state index contributed by atoms with van der Waals surface area (Å²) in [5.74, 6) is 1.67. The van der Waals surface area contributed by atoms with Gasteiger partial charge in [-0.15, -0.1) is 5.10 Å². The van der Waals surface area contributed by atoms with E-state index in [2.05, 4.69) is 20.5 Å². The number of nitrogens with one attached hydrogen (secondary N) is 2. The van der Waals surface area contributed by atoms with E-state index < -0.39 is 0 Å². The summed E-state index contributed by atoms with van der Waals surface area (Å²) in [5.41, 5.74) is 1.87. The molecule has 0 aliphatic carbocycles. The largest absolute Gasteiger partial charge is 0.497 e. The number of ketones is 1. The highest BCUT2D eigenvalue weighted by Gasteiger charge is 2.12. The molecule has 0 bridgehead atoms. The molecule has 1 amide bonds. The summed E-state index contributed by atoms with van der Waals surface area (Å²) < 4.78 is 10.5. The molecule has 0 aliphatic rings. The Morgan fingerprint density at radius 2 is 1.83 bits per heavy atom. The molecule has 1 aromatic heterocycles. The van der Waals surface area contributed by atoms with E-state index in [1.54, 1.807) is 44.6 Å². The molecule has 0 radical (unpaired) electrons. The highest BCUT2D eigenvalue weighted by Crippen LogP contribution is 2.28. The third-order valence-electron chi connectivity index (χ3n) is 3.97. The van der Waals surface area contributed by atoms with Gasteiger partial charge >= 0.3 is 0 Å². The molecule has 9 heteroatoms. The van der Waals surface area contributed by atoms with Gasteiger partial charge in [0.2, 0.25) is 11.1 Å². The van der Waals surface area contributed by atoms with Crippen molar-refractivity contribution in [3.8, 4) is 22.9 Å². The van der Waals surface area contributed by atoms with E-state index in [-0.39, 0.29) is 17.4 Å². The number of nitrogens with zero attached hydrogens (tertiary/aromatic N) is 2. The minimum Gasteiger partial charge on any atom is -0.497 e. The fourth-order valence-electron chi connectivity index (χ4n) is 2.53. The van der Waals surface area contributed by atoms with Crippen LogP contribution in [-0.2, 0) is 4.79 Å². The molecule has 29 heavy (non-hydrogen) atoms. The maximum absolute atomic E-state index is 12.2. The minimum atomic E-state index is -0.217. The van der Waals surface area contributed by atoms with Gasteiger partial charge in [-0.25, -0.2) is 4.98 Å². The molecule has 2 N–H and O–H groups in total. The Bertz CT molecular complexity index is 1010. The lowest BCUT2D eigenvalue weighted by molar-refractivity contribution is -0.113. The monoisotopic (exact) mass is 412 g/mol. The van der Waals surface area contributed by atoms with Crippen molar-refractivity contribution in [3.63, 3.8) is 0 Å². The van der Waals surface area contributed by atoms with Gasteiger partial charge in [-0.2, -0.15) is 0 Å². The fourth-order valence-corrected chi connectivity index (χ4v) is 3.13. The van der Waals surface area contributed by atoms with Gasteiger partial charge in [-0.05, 0) is 31.2 Å².